The fourth-order valence-electron chi connectivity index (χ4n) is 1.93. The summed E-state index contributed by atoms with van der Waals surface area (Å²) < 4.78 is 37.7. The summed E-state index contributed by atoms with van der Waals surface area (Å²) >= 11 is 0. The standard InChI is InChI=1S/C10H16F3N3O2/c1-6(8(14)15-18)9(17)16-4-2-3-7(5-16)10(11,12)13/h6-7,18H,2-5H2,1H3,(H2,14,15). The van der Waals surface area contributed by atoms with Gasteiger partial charge in [-0.15, -0.1) is 0 Å². The number of carbonyl (C=O) groups excluding carboxylic acids is 1. The fourth-order valence-corrected chi connectivity index (χ4v) is 1.93. The second-order valence-electron chi connectivity index (χ2n) is 4.41. The summed E-state index contributed by atoms with van der Waals surface area (Å²) in [6.45, 7) is 1.31. The van der Waals surface area contributed by atoms with Gasteiger partial charge in [0.05, 0.1) is 11.8 Å². The molecule has 1 saturated heterocycles. The number of piperidine rings is 1. The van der Waals surface area contributed by atoms with Crippen molar-refractivity contribution < 1.29 is 23.2 Å². The van der Waals surface area contributed by atoms with Crippen LogP contribution in [0.5, 0.6) is 0 Å². The van der Waals surface area contributed by atoms with Crippen LogP contribution in [0.1, 0.15) is 19.8 Å². The van der Waals surface area contributed by atoms with E-state index in [0.717, 1.165) is 4.90 Å². The van der Waals surface area contributed by atoms with Gasteiger partial charge in [-0.3, -0.25) is 4.79 Å². The molecule has 1 heterocycles. The Labute approximate surface area is 102 Å². The van der Waals surface area contributed by atoms with E-state index in [1.165, 1.54) is 6.92 Å². The number of hydrogen-bond donors (Lipinski definition) is 2. The predicted molar refractivity (Wildman–Crippen MR) is 57.9 cm³/mol. The average Bonchev–Trinajstić information content (AvgIpc) is 2.35. The molecule has 104 valence electrons. The van der Waals surface area contributed by atoms with Gasteiger partial charge in [-0.1, -0.05) is 5.16 Å². The van der Waals surface area contributed by atoms with Crippen LogP contribution in [0.2, 0.25) is 0 Å². The monoisotopic (exact) mass is 267 g/mol. The number of halogens is 3. The van der Waals surface area contributed by atoms with Crippen molar-refractivity contribution in [2.45, 2.75) is 25.9 Å². The van der Waals surface area contributed by atoms with E-state index in [2.05, 4.69) is 5.16 Å². The van der Waals surface area contributed by atoms with Crippen LogP contribution < -0.4 is 5.73 Å². The van der Waals surface area contributed by atoms with Gasteiger partial charge >= 0.3 is 6.18 Å². The number of alkyl halides is 3. The molecule has 2 unspecified atom stereocenters. The molecule has 0 aliphatic carbocycles. The third-order valence-electron chi connectivity index (χ3n) is 3.13. The van der Waals surface area contributed by atoms with Gasteiger partial charge < -0.3 is 15.8 Å². The van der Waals surface area contributed by atoms with Crippen LogP contribution in [0, 0.1) is 11.8 Å². The molecular formula is C10H16F3N3O2. The molecule has 3 N–H and O–H groups in total. The van der Waals surface area contributed by atoms with Crippen molar-refractivity contribution in [2.24, 2.45) is 22.7 Å². The van der Waals surface area contributed by atoms with Crippen molar-refractivity contribution in [1.29, 1.82) is 0 Å². The SMILES string of the molecule is CC(C(=O)N1CCCC(C(F)(F)F)C1)C(N)=NO. The molecule has 1 aliphatic rings. The number of carbonyl (C=O) groups is 1. The van der Waals surface area contributed by atoms with Crippen LogP contribution in [0.3, 0.4) is 0 Å². The molecule has 0 bridgehead atoms. The zero-order chi connectivity index (χ0) is 13.9. The summed E-state index contributed by atoms with van der Waals surface area (Å²) in [6, 6.07) is 0. The molecule has 0 aromatic heterocycles. The maximum atomic E-state index is 12.6. The van der Waals surface area contributed by atoms with Gasteiger partial charge in [0.15, 0.2) is 5.84 Å². The number of rotatable bonds is 2. The highest BCUT2D eigenvalue weighted by Gasteiger charge is 2.43. The van der Waals surface area contributed by atoms with Crippen LogP contribution in [0.15, 0.2) is 5.16 Å². The van der Waals surface area contributed by atoms with Crippen molar-refractivity contribution in [2.75, 3.05) is 13.1 Å². The van der Waals surface area contributed by atoms with E-state index in [0.29, 0.717) is 6.42 Å². The first-order valence-corrected chi connectivity index (χ1v) is 5.60. The number of nitrogens with zero attached hydrogens (tertiary/aromatic N) is 2. The Bertz CT molecular complexity index is 344. The van der Waals surface area contributed by atoms with Gasteiger partial charge in [0.25, 0.3) is 0 Å². The number of amides is 1. The van der Waals surface area contributed by atoms with E-state index >= 15 is 0 Å². The number of nitrogens with two attached hydrogens (primary N) is 1. The van der Waals surface area contributed by atoms with Gasteiger partial charge in [0.2, 0.25) is 5.91 Å². The minimum absolute atomic E-state index is 0.0330. The third-order valence-corrected chi connectivity index (χ3v) is 3.13. The second kappa shape index (κ2) is 5.45. The van der Waals surface area contributed by atoms with E-state index in [9.17, 15) is 18.0 Å². The van der Waals surface area contributed by atoms with Gasteiger partial charge in [0.1, 0.15) is 0 Å². The molecule has 0 spiro atoms. The molecule has 8 heteroatoms. The van der Waals surface area contributed by atoms with E-state index in [-0.39, 0.29) is 25.3 Å². The Morgan fingerprint density at radius 3 is 2.67 bits per heavy atom. The predicted octanol–water partition coefficient (Wildman–Crippen LogP) is 1.17. The van der Waals surface area contributed by atoms with Gasteiger partial charge in [-0.05, 0) is 19.8 Å². The van der Waals surface area contributed by atoms with Gasteiger partial charge in [-0.25, -0.2) is 0 Å². The molecule has 1 rings (SSSR count). The summed E-state index contributed by atoms with van der Waals surface area (Å²) in [6.07, 6.45) is -3.96. The van der Waals surface area contributed by atoms with Crippen molar-refractivity contribution in [3.63, 3.8) is 0 Å². The molecular weight excluding hydrogens is 251 g/mol. The normalized spacial score (nSPS) is 23.9. The summed E-state index contributed by atoms with van der Waals surface area (Å²) in [5, 5.41) is 11.1. The summed E-state index contributed by atoms with van der Waals surface area (Å²) in [4.78, 5) is 13.0. The quantitative estimate of drug-likeness (QED) is 0.341. The first-order chi connectivity index (χ1) is 8.27. The topological polar surface area (TPSA) is 78.9 Å². The molecule has 0 radical (unpaired) electrons. The van der Waals surface area contributed by atoms with E-state index in [4.69, 9.17) is 10.9 Å². The fraction of sp³-hybridized carbons (Fsp3) is 0.800. The highest BCUT2D eigenvalue weighted by Crippen LogP contribution is 2.33. The molecule has 1 fully saturated rings. The minimum Gasteiger partial charge on any atom is -0.409 e. The molecule has 2 atom stereocenters. The third kappa shape index (κ3) is 3.27. The molecule has 0 aromatic rings. The van der Waals surface area contributed by atoms with Crippen molar-refractivity contribution in [3.05, 3.63) is 0 Å². The molecule has 18 heavy (non-hydrogen) atoms. The van der Waals surface area contributed by atoms with Crippen LogP contribution >= 0.6 is 0 Å². The number of amidine groups is 1. The maximum absolute atomic E-state index is 12.6. The largest absolute Gasteiger partial charge is 0.409 e. The highest BCUT2D eigenvalue weighted by atomic mass is 19.4. The first kappa shape index (κ1) is 14.6. The average molecular weight is 267 g/mol. The lowest BCUT2D eigenvalue weighted by Crippen LogP contribution is -2.48. The zero-order valence-electron chi connectivity index (χ0n) is 9.94. The maximum Gasteiger partial charge on any atom is 0.393 e. The summed E-state index contributed by atoms with van der Waals surface area (Å²) in [5.74, 6) is -3.25. The highest BCUT2D eigenvalue weighted by molar-refractivity contribution is 6.01. The lowest BCUT2D eigenvalue weighted by Gasteiger charge is -2.34. The number of hydrogen-bond acceptors (Lipinski definition) is 3. The van der Waals surface area contributed by atoms with Crippen LogP contribution in [-0.4, -0.2) is 41.1 Å². The van der Waals surface area contributed by atoms with Crippen LogP contribution in [-0.2, 0) is 4.79 Å². The van der Waals surface area contributed by atoms with Crippen molar-refractivity contribution >= 4 is 11.7 Å². The molecule has 0 saturated carbocycles. The van der Waals surface area contributed by atoms with Crippen molar-refractivity contribution in [3.8, 4) is 0 Å². The lowest BCUT2D eigenvalue weighted by molar-refractivity contribution is -0.188. The van der Waals surface area contributed by atoms with Gasteiger partial charge in [-0.2, -0.15) is 13.2 Å². The smallest absolute Gasteiger partial charge is 0.393 e. The molecule has 1 aliphatic heterocycles. The van der Waals surface area contributed by atoms with E-state index in [1.807, 2.05) is 0 Å². The molecule has 5 nitrogen and oxygen atoms in total. The number of oxime groups is 1. The Balaban J connectivity index is 2.70. The van der Waals surface area contributed by atoms with E-state index < -0.39 is 23.9 Å². The minimum atomic E-state index is -4.29. The van der Waals surface area contributed by atoms with E-state index in [1.54, 1.807) is 0 Å². The molecule has 1 amide bonds. The Kier molecular flexibility index (Phi) is 4.42. The van der Waals surface area contributed by atoms with Gasteiger partial charge in [0, 0.05) is 13.1 Å². The van der Waals surface area contributed by atoms with Crippen LogP contribution in [0.4, 0.5) is 13.2 Å². The summed E-state index contributed by atoms with van der Waals surface area (Å²) in [5.41, 5.74) is 5.27. The first-order valence-electron chi connectivity index (χ1n) is 5.60. The van der Waals surface area contributed by atoms with Crippen LogP contribution in [0.25, 0.3) is 0 Å². The Hall–Kier alpha value is -1.47. The zero-order valence-corrected chi connectivity index (χ0v) is 9.94. The molecule has 0 aromatic carbocycles. The Morgan fingerprint density at radius 1 is 1.56 bits per heavy atom. The second-order valence-corrected chi connectivity index (χ2v) is 4.41. The number of likely N-dealkylation sites (tertiary alicyclic amines) is 1. The van der Waals surface area contributed by atoms with Crippen molar-refractivity contribution in [1.82, 2.24) is 4.90 Å². The lowest BCUT2D eigenvalue weighted by atomic mass is 9.96. The summed E-state index contributed by atoms with van der Waals surface area (Å²) in [7, 11) is 0. The Morgan fingerprint density at radius 2 is 2.17 bits per heavy atom.